The second-order valence-electron chi connectivity index (χ2n) is 6.52. The van der Waals surface area contributed by atoms with Crippen molar-refractivity contribution >= 4 is 22.3 Å². The standard InChI is InChI=1S/C22H15F3O2/c23-22(24,25)21(19-8-2-1-3-9-19)14-18(13-20(26)27-21)17-11-10-15-6-4-5-7-16(15)12-17/h1-13H,14H2/t21-/m1/s1. The number of hydrogen-bond acceptors (Lipinski definition) is 2. The molecule has 5 heteroatoms. The number of cyclic esters (lactones) is 1. The summed E-state index contributed by atoms with van der Waals surface area (Å²) in [7, 11) is 0. The fourth-order valence-electron chi connectivity index (χ4n) is 3.46. The molecule has 0 radical (unpaired) electrons. The average Bonchev–Trinajstić information content (AvgIpc) is 2.67. The molecule has 0 spiro atoms. The highest BCUT2D eigenvalue weighted by Gasteiger charge is 2.60. The number of benzene rings is 3. The Morgan fingerprint density at radius 2 is 1.52 bits per heavy atom. The number of alkyl halides is 3. The lowest BCUT2D eigenvalue weighted by Crippen LogP contribution is -2.48. The zero-order valence-electron chi connectivity index (χ0n) is 14.2. The van der Waals surface area contributed by atoms with Crippen LogP contribution in [0.3, 0.4) is 0 Å². The molecule has 0 aromatic heterocycles. The molecule has 0 saturated carbocycles. The molecule has 2 nitrogen and oxygen atoms in total. The number of ether oxygens (including phenoxy) is 1. The second-order valence-corrected chi connectivity index (χ2v) is 6.52. The van der Waals surface area contributed by atoms with E-state index in [2.05, 4.69) is 0 Å². The summed E-state index contributed by atoms with van der Waals surface area (Å²) >= 11 is 0. The average molecular weight is 368 g/mol. The van der Waals surface area contributed by atoms with Crippen molar-refractivity contribution in [1.82, 2.24) is 0 Å². The fraction of sp³-hybridized carbons (Fsp3) is 0.136. The molecule has 1 aliphatic rings. The summed E-state index contributed by atoms with van der Waals surface area (Å²) in [5.74, 6) is -0.995. The molecule has 0 N–H and O–H groups in total. The van der Waals surface area contributed by atoms with Gasteiger partial charge in [0.25, 0.3) is 0 Å². The minimum Gasteiger partial charge on any atom is -0.441 e. The summed E-state index contributed by atoms with van der Waals surface area (Å²) in [6.07, 6.45) is -4.07. The maximum absolute atomic E-state index is 14.1. The molecular formula is C22H15F3O2. The van der Waals surface area contributed by atoms with E-state index in [1.807, 2.05) is 30.3 Å². The first kappa shape index (κ1) is 17.3. The van der Waals surface area contributed by atoms with Gasteiger partial charge in [0, 0.05) is 18.1 Å². The monoisotopic (exact) mass is 368 g/mol. The topological polar surface area (TPSA) is 26.3 Å². The van der Waals surface area contributed by atoms with Crippen LogP contribution in [0.2, 0.25) is 0 Å². The summed E-state index contributed by atoms with van der Waals surface area (Å²) in [6.45, 7) is 0. The number of fused-ring (bicyclic) bond motifs is 1. The van der Waals surface area contributed by atoms with Gasteiger partial charge in [-0.3, -0.25) is 0 Å². The van der Waals surface area contributed by atoms with E-state index in [0.717, 1.165) is 16.8 Å². The van der Waals surface area contributed by atoms with Gasteiger partial charge in [0.05, 0.1) is 0 Å². The van der Waals surface area contributed by atoms with Crippen molar-refractivity contribution in [3.05, 3.63) is 90.0 Å². The summed E-state index contributed by atoms with van der Waals surface area (Å²) in [4.78, 5) is 12.1. The van der Waals surface area contributed by atoms with Crippen LogP contribution in [-0.4, -0.2) is 12.1 Å². The Labute approximate surface area is 153 Å². The normalized spacial score (nSPS) is 20.3. The zero-order chi connectivity index (χ0) is 19.1. The lowest BCUT2D eigenvalue weighted by atomic mass is 9.82. The molecule has 3 aromatic carbocycles. The molecule has 0 fully saturated rings. The first-order valence-electron chi connectivity index (χ1n) is 8.44. The van der Waals surface area contributed by atoms with Crippen molar-refractivity contribution in [2.24, 2.45) is 0 Å². The summed E-state index contributed by atoms with van der Waals surface area (Å²) in [5.41, 5.74) is -1.90. The molecule has 3 aromatic rings. The molecule has 0 bridgehead atoms. The number of carbonyl (C=O) groups is 1. The Bertz CT molecular complexity index is 1040. The lowest BCUT2D eigenvalue weighted by molar-refractivity contribution is -0.274. The molecule has 1 heterocycles. The van der Waals surface area contributed by atoms with E-state index in [0.29, 0.717) is 11.1 Å². The molecule has 1 aliphatic heterocycles. The SMILES string of the molecule is O=C1C=C(c2ccc3ccccc3c2)C[C@@](c2ccccc2)(C(F)(F)F)O1. The molecule has 0 saturated heterocycles. The van der Waals surface area contributed by atoms with Crippen LogP contribution in [0.5, 0.6) is 0 Å². The summed E-state index contributed by atoms with van der Waals surface area (Å²) < 4.78 is 47.2. The number of hydrogen-bond donors (Lipinski definition) is 0. The van der Waals surface area contributed by atoms with E-state index in [1.54, 1.807) is 18.2 Å². The molecule has 27 heavy (non-hydrogen) atoms. The Morgan fingerprint density at radius 1 is 0.852 bits per heavy atom. The first-order valence-corrected chi connectivity index (χ1v) is 8.44. The van der Waals surface area contributed by atoms with Gasteiger partial charge in [-0.05, 0) is 28.0 Å². The van der Waals surface area contributed by atoms with Crippen LogP contribution < -0.4 is 0 Å². The van der Waals surface area contributed by atoms with Crippen LogP contribution in [0.4, 0.5) is 13.2 Å². The quantitative estimate of drug-likeness (QED) is 0.548. The van der Waals surface area contributed by atoms with Crippen molar-refractivity contribution in [1.29, 1.82) is 0 Å². The van der Waals surface area contributed by atoms with Gasteiger partial charge >= 0.3 is 12.1 Å². The Morgan fingerprint density at radius 3 is 2.22 bits per heavy atom. The van der Waals surface area contributed by atoms with E-state index in [-0.39, 0.29) is 5.56 Å². The van der Waals surface area contributed by atoms with Gasteiger partial charge in [-0.2, -0.15) is 13.2 Å². The third kappa shape index (κ3) is 2.99. The summed E-state index contributed by atoms with van der Waals surface area (Å²) in [5, 5.41) is 1.87. The predicted molar refractivity (Wildman–Crippen MR) is 96.8 cm³/mol. The minimum absolute atomic E-state index is 0.0859. The van der Waals surface area contributed by atoms with Crippen molar-refractivity contribution < 1.29 is 22.7 Å². The number of halogens is 3. The molecule has 4 rings (SSSR count). The third-order valence-corrected chi connectivity index (χ3v) is 4.82. The van der Waals surface area contributed by atoms with Gasteiger partial charge in [-0.25, -0.2) is 4.79 Å². The van der Waals surface area contributed by atoms with Gasteiger partial charge in [-0.1, -0.05) is 66.7 Å². The van der Waals surface area contributed by atoms with Gasteiger partial charge in [0.1, 0.15) is 0 Å². The Balaban J connectivity index is 1.84. The third-order valence-electron chi connectivity index (χ3n) is 4.82. The summed E-state index contributed by atoms with van der Waals surface area (Å²) in [6, 6.07) is 20.2. The Kier molecular flexibility index (Phi) is 4.02. The zero-order valence-corrected chi connectivity index (χ0v) is 14.2. The first-order chi connectivity index (χ1) is 12.9. The van der Waals surface area contributed by atoms with E-state index in [9.17, 15) is 18.0 Å². The van der Waals surface area contributed by atoms with Crippen molar-refractivity contribution in [2.45, 2.75) is 18.2 Å². The smallest absolute Gasteiger partial charge is 0.433 e. The van der Waals surface area contributed by atoms with Crippen molar-refractivity contribution in [3.8, 4) is 0 Å². The molecule has 1 atom stereocenters. The van der Waals surface area contributed by atoms with Crippen molar-refractivity contribution in [2.75, 3.05) is 0 Å². The highest BCUT2D eigenvalue weighted by atomic mass is 19.4. The van der Waals surface area contributed by atoms with Crippen LogP contribution in [-0.2, 0) is 15.1 Å². The second kappa shape index (κ2) is 6.27. The van der Waals surface area contributed by atoms with Crippen LogP contribution in [0.1, 0.15) is 17.5 Å². The predicted octanol–water partition coefficient (Wildman–Crippen LogP) is 5.63. The van der Waals surface area contributed by atoms with Gasteiger partial charge in [0.2, 0.25) is 5.60 Å². The number of rotatable bonds is 2. The fourth-order valence-corrected chi connectivity index (χ4v) is 3.46. The van der Waals surface area contributed by atoms with E-state index < -0.39 is 24.2 Å². The van der Waals surface area contributed by atoms with E-state index in [4.69, 9.17) is 4.74 Å². The molecule has 0 unspecified atom stereocenters. The Hall–Kier alpha value is -3.08. The largest absolute Gasteiger partial charge is 0.441 e. The van der Waals surface area contributed by atoms with Gasteiger partial charge < -0.3 is 4.74 Å². The van der Waals surface area contributed by atoms with E-state index in [1.165, 1.54) is 24.3 Å². The highest BCUT2D eigenvalue weighted by Crippen LogP contribution is 2.50. The van der Waals surface area contributed by atoms with Crippen LogP contribution in [0.15, 0.2) is 78.9 Å². The van der Waals surface area contributed by atoms with Gasteiger partial charge in [0.15, 0.2) is 0 Å². The maximum atomic E-state index is 14.1. The molecule has 0 aliphatic carbocycles. The van der Waals surface area contributed by atoms with Crippen LogP contribution in [0, 0.1) is 0 Å². The molecule has 0 amide bonds. The van der Waals surface area contributed by atoms with Crippen LogP contribution >= 0.6 is 0 Å². The molecular weight excluding hydrogens is 353 g/mol. The molecule has 136 valence electrons. The van der Waals surface area contributed by atoms with Crippen LogP contribution in [0.25, 0.3) is 16.3 Å². The lowest BCUT2D eigenvalue weighted by Gasteiger charge is -2.38. The van der Waals surface area contributed by atoms with Crippen molar-refractivity contribution in [3.63, 3.8) is 0 Å². The van der Waals surface area contributed by atoms with E-state index >= 15 is 0 Å². The highest BCUT2D eigenvalue weighted by molar-refractivity contribution is 5.95. The number of carbonyl (C=O) groups excluding carboxylic acids is 1. The minimum atomic E-state index is -4.75. The van der Waals surface area contributed by atoms with Gasteiger partial charge in [-0.15, -0.1) is 0 Å². The number of esters is 1. The maximum Gasteiger partial charge on any atom is 0.433 e.